The van der Waals surface area contributed by atoms with Crippen molar-refractivity contribution in [3.05, 3.63) is 70.2 Å². The number of hydrogen-bond donors (Lipinski definition) is 0. The van der Waals surface area contributed by atoms with Crippen LogP contribution in [0.4, 0.5) is 8.78 Å². The molecule has 1 fully saturated rings. The first-order valence-corrected chi connectivity index (χ1v) is 7.92. The maximum absolute atomic E-state index is 13.9. The average molecular weight is 336 g/mol. The molecule has 0 bridgehead atoms. The lowest BCUT2D eigenvalue weighted by atomic mass is 10.0. The van der Waals surface area contributed by atoms with Crippen LogP contribution in [-0.4, -0.2) is 17.4 Å². The van der Waals surface area contributed by atoms with E-state index in [0.717, 1.165) is 18.4 Å². The molecule has 5 heteroatoms. The van der Waals surface area contributed by atoms with Gasteiger partial charge in [0, 0.05) is 17.1 Å². The average Bonchev–Trinajstić information content (AvgIpc) is 3.01. The van der Waals surface area contributed by atoms with E-state index in [-0.39, 0.29) is 34.8 Å². The van der Waals surface area contributed by atoms with Gasteiger partial charge in [-0.25, -0.2) is 8.78 Å². The lowest BCUT2D eigenvalue weighted by Crippen LogP contribution is -2.32. The van der Waals surface area contributed by atoms with Crippen LogP contribution in [0.2, 0.25) is 5.02 Å². The maximum Gasteiger partial charge on any atom is 0.227 e. The van der Waals surface area contributed by atoms with Crippen molar-refractivity contribution in [1.82, 2.24) is 4.90 Å². The summed E-state index contributed by atoms with van der Waals surface area (Å²) >= 11 is 6.00. The van der Waals surface area contributed by atoms with Gasteiger partial charge in [-0.15, -0.1) is 0 Å². The SMILES string of the molecule is O=C(Cc1c(F)cccc1Cl)N1CCC[C@@H]1c1ccc(F)cc1. The van der Waals surface area contributed by atoms with E-state index < -0.39 is 5.82 Å². The predicted octanol–water partition coefficient (Wildman–Crippen LogP) is 4.52. The normalized spacial score (nSPS) is 17.5. The zero-order valence-corrected chi connectivity index (χ0v) is 13.2. The van der Waals surface area contributed by atoms with Gasteiger partial charge in [-0.05, 0) is 42.7 Å². The number of likely N-dealkylation sites (tertiary alicyclic amines) is 1. The fourth-order valence-corrected chi connectivity index (χ4v) is 3.28. The largest absolute Gasteiger partial charge is 0.335 e. The molecule has 0 unspecified atom stereocenters. The molecule has 23 heavy (non-hydrogen) atoms. The first-order valence-electron chi connectivity index (χ1n) is 7.54. The molecule has 1 aliphatic heterocycles. The van der Waals surface area contributed by atoms with Gasteiger partial charge in [0.25, 0.3) is 0 Å². The summed E-state index contributed by atoms with van der Waals surface area (Å²) in [5, 5.41) is 0.260. The Balaban J connectivity index is 1.80. The Labute approximate surface area is 138 Å². The third-order valence-electron chi connectivity index (χ3n) is 4.22. The molecule has 0 aromatic heterocycles. The van der Waals surface area contributed by atoms with Crippen molar-refractivity contribution in [2.24, 2.45) is 0 Å². The standard InChI is InChI=1S/C18H16ClF2NO/c19-15-3-1-4-16(21)14(15)11-18(23)22-10-2-5-17(22)12-6-8-13(20)9-7-12/h1,3-4,6-9,17H,2,5,10-11H2/t17-/m1/s1. The van der Waals surface area contributed by atoms with Gasteiger partial charge in [-0.1, -0.05) is 29.8 Å². The van der Waals surface area contributed by atoms with Crippen LogP contribution < -0.4 is 0 Å². The van der Waals surface area contributed by atoms with Crippen LogP contribution in [0.1, 0.15) is 30.0 Å². The van der Waals surface area contributed by atoms with Gasteiger partial charge in [0.2, 0.25) is 5.91 Å². The fourth-order valence-electron chi connectivity index (χ4n) is 3.05. The van der Waals surface area contributed by atoms with Crippen molar-refractivity contribution >= 4 is 17.5 Å². The maximum atomic E-state index is 13.9. The Morgan fingerprint density at radius 1 is 1.17 bits per heavy atom. The molecule has 1 saturated heterocycles. The minimum atomic E-state index is -0.469. The molecule has 0 radical (unpaired) electrons. The second-order valence-electron chi connectivity index (χ2n) is 5.67. The Hall–Kier alpha value is -1.94. The molecule has 1 amide bonds. The first kappa shape index (κ1) is 15.9. The lowest BCUT2D eigenvalue weighted by Gasteiger charge is -2.25. The van der Waals surface area contributed by atoms with Gasteiger partial charge in [0.05, 0.1) is 12.5 Å². The second kappa shape index (κ2) is 6.67. The summed E-state index contributed by atoms with van der Waals surface area (Å²) in [6.07, 6.45) is 1.63. The van der Waals surface area contributed by atoms with Crippen LogP contribution in [0.25, 0.3) is 0 Å². The van der Waals surface area contributed by atoms with Crippen molar-refractivity contribution in [1.29, 1.82) is 0 Å². The molecule has 3 rings (SSSR count). The minimum absolute atomic E-state index is 0.0663. The molecule has 0 spiro atoms. The highest BCUT2D eigenvalue weighted by Gasteiger charge is 2.30. The molecule has 0 saturated carbocycles. The van der Waals surface area contributed by atoms with Crippen molar-refractivity contribution < 1.29 is 13.6 Å². The van der Waals surface area contributed by atoms with E-state index in [2.05, 4.69) is 0 Å². The van der Waals surface area contributed by atoms with Gasteiger partial charge < -0.3 is 4.90 Å². The zero-order chi connectivity index (χ0) is 16.4. The number of hydrogen-bond acceptors (Lipinski definition) is 1. The Bertz CT molecular complexity index is 697. The van der Waals surface area contributed by atoms with Crippen LogP contribution in [-0.2, 0) is 11.2 Å². The van der Waals surface area contributed by atoms with E-state index >= 15 is 0 Å². The lowest BCUT2D eigenvalue weighted by molar-refractivity contribution is -0.131. The Kier molecular flexibility index (Phi) is 4.62. The number of carbonyl (C=O) groups is 1. The van der Waals surface area contributed by atoms with E-state index in [1.807, 2.05) is 0 Å². The van der Waals surface area contributed by atoms with E-state index in [1.54, 1.807) is 23.1 Å². The van der Waals surface area contributed by atoms with E-state index in [9.17, 15) is 13.6 Å². The van der Waals surface area contributed by atoms with Gasteiger partial charge >= 0.3 is 0 Å². The molecular formula is C18H16ClF2NO. The quantitative estimate of drug-likeness (QED) is 0.807. The van der Waals surface area contributed by atoms with Gasteiger partial charge in [0.1, 0.15) is 11.6 Å². The molecule has 1 atom stereocenters. The topological polar surface area (TPSA) is 20.3 Å². The van der Waals surface area contributed by atoms with Crippen LogP contribution in [0.15, 0.2) is 42.5 Å². The summed E-state index contributed by atoms with van der Waals surface area (Å²) in [5.41, 5.74) is 1.13. The molecule has 1 aliphatic rings. The number of benzene rings is 2. The number of halogens is 3. The van der Waals surface area contributed by atoms with Crippen LogP contribution in [0.3, 0.4) is 0 Å². The Morgan fingerprint density at radius 3 is 2.61 bits per heavy atom. The summed E-state index contributed by atoms with van der Waals surface area (Å²) < 4.78 is 26.9. The third kappa shape index (κ3) is 3.37. The van der Waals surface area contributed by atoms with Crippen LogP contribution >= 0.6 is 11.6 Å². The van der Waals surface area contributed by atoms with Gasteiger partial charge in [0.15, 0.2) is 0 Å². The highest BCUT2D eigenvalue weighted by atomic mass is 35.5. The summed E-state index contributed by atoms with van der Waals surface area (Å²) in [4.78, 5) is 14.3. The van der Waals surface area contributed by atoms with E-state index in [0.29, 0.717) is 6.54 Å². The summed E-state index contributed by atoms with van der Waals surface area (Å²) in [7, 11) is 0. The van der Waals surface area contributed by atoms with Crippen molar-refractivity contribution in [2.45, 2.75) is 25.3 Å². The van der Waals surface area contributed by atoms with Crippen molar-refractivity contribution in [3.8, 4) is 0 Å². The second-order valence-corrected chi connectivity index (χ2v) is 6.08. The molecule has 2 aromatic carbocycles. The summed E-state index contributed by atoms with van der Waals surface area (Å²) in [6, 6.07) is 10.5. The molecule has 120 valence electrons. The molecular weight excluding hydrogens is 320 g/mol. The van der Waals surface area contributed by atoms with Crippen LogP contribution in [0, 0.1) is 11.6 Å². The molecule has 0 aliphatic carbocycles. The summed E-state index contributed by atoms with van der Waals surface area (Å²) in [6.45, 7) is 0.618. The summed E-state index contributed by atoms with van der Waals surface area (Å²) in [5.74, 6) is -0.935. The molecule has 2 aromatic rings. The number of amides is 1. The molecule has 2 nitrogen and oxygen atoms in total. The smallest absolute Gasteiger partial charge is 0.227 e. The highest BCUT2D eigenvalue weighted by Crippen LogP contribution is 2.33. The minimum Gasteiger partial charge on any atom is -0.335 e. The predicted molar refractivity (Wildman–Crippen MR) is 85.2 cm³/mol. The molecule has 1 heterocycles. The van der Waals surface area contributed by atoms with Crippen molar-refractivity contribution in [3.63, 3.8) is 0 Å². The zero-order valence-electron chi connectivity index (χ0n) is 12.4. The first-order chi connectivity index (χ1) is 11.1. The Morgan fingerprint density at radius 2 is 1.91 bits per heavy atom. The fraction of sp³-hybridized carbons (Fsp3) is 0.278. The van der Waals surface area contributed by atoms with E-state index in [4.69, 9.17) is 11.6 Å². The van der Waals surface area contributed by atoms with Crippen molar-refractivity contribution in [2.75, 3.05) is 6.54 Å². The number of rotatable bonds is 3. The number of carbonyl (C=O) groups excluding carboxylic acids is 1. The highest BCUT2D eigenvalue weighted by molar-refractivity contribution is 6.31. The number of nitrogens with zero attached hydrogens (tertiary/aromatic N) is 1. The van der Waals surface area contributed by atoms with Crippen LogP contribution in [0.5, 0.6) is 0 Å². The third-order valence-corrected chi connectivity index (χ3v) is 4.57. The van der Waals surface area contributed by atoms with Gasteiger partial charge in [-0.2, -0.15) is 0 Å². The van der Waals surface area contributed by atoms with Gasteiger partial charge in [-0.3, -0.25) is 4.79 Å². The van der Waals surface area contributed by atoms with E-state index in [1.165, 1.54) is 24.3 Å². The monoisotopic (exact) mass is 335 g/mol. The molecule has 0 N–H and O–H groups in total.